The van der Waals surface area contributed by atoms with Gasteiger partial charge in [0.1, 0.15) is 17.8 Å². The second-order valence-corrected chi connectivity index (χ2v) is 14.8. The van der Waals surface area contributed by atoms with Gasteiger partial charge in [0.15, 0.2) is 5.82 Å². The fourth-order valence-electron chi connectivity index (χ4n) is 5.39. The summed E-state index contributed by atoms with van der Waals surface area (Å²) in [6.45, 7) is 9.02. The van der Waals surface area contributed by atoms with Crippen molar-refractivity contribution in [2.45, 2.75) is 96.6 Å². The lowest BCUT2D eigenvalue weighted by Crippen LogP contribution is -2.52. The van der Waals surface area contributed by atoms with Gasteiger partial charge in [-0.1, -0.05) is 89.8 Å². The Bertz CT molecular complexity index is 1780. The molecular formula is C40H48N4O7S. The number of benzene rings is 2. The smallest absolute Gasteiger partial charge is 0.326 e. The number of nitrogens with one attached hydrogen (secondary N) is 2. The lowest BCUT2D eigenvalue weighted by atomic mass is 9.95. The number of carboxylic acid groups (broad SMARTS) is 2. The molecule has 0 aliphatic rings. The van der Waals surface area contributed by atoms with E-state index in [9.17, 15) is 24.3 Å². The molecule has 0 fully saturated rings. The summed E-state index contributed by atoms with van der Waals surface area (Å²) in [5.74, 6) is -2.41. The van der Waals surface area contributed by atoms with Gasteiger partial charge in [0.05, 0.1) is 11.5 Å². The maximum atomic E-state index is 13.4. The van der Waals surface area contributed by atoms with E-state index < -0.39 is 42.3 Å². The highest BCUT2D eigenvalue weighted by atomic mass is 32.1. The minimum atomic E-state index is -1.43. The van der Waals surface area contributed by atoms with Crippen LogP contribution in [0.3, 0.4) is 0 Å². The summed E-state index contributed by atoms with van der Waals surface area (Å²) >= 11 is 1.32. The van der Waals surface area contributed by atoms with Crippen LogP contribution in [0.25, 0.3) is 22.5 Å². The molecule has 4 rings (SSSR count). The van der Waals surface area contributed by atoms with Crippen LogP contribution in [0.15, 0.2) is 73.1 Å². The average Bonchev–Trinajstić information content (AvgIpc) is 3.64. The number of carbonyl (C=O) groups excluding carboxylic acids is 2. The lowest BCUT2D eigenvalue weighted by Gasteiger charge is -2.21. The minimum Gasteiger partial charge on any atom is -0.494 e. The van der Waals surface area contributed by atoms with Crippen molar-refractivity contribution in [2.24, 2.45) is 0 Å². The van der Waals surface area contributed by atoms with E-state index >= 15 is 0 Å². The summed E-state index contributed by atoms with van der Waals surface area (Å²) in [7, 11) is 0. The molecule has 2 aromatic heterocycles. The quantitative estimate of drug-likeness (QED) is 0.0725. The first-order chi connectivity index (χ1) is 24.8. The van der Waals surface area contributed by atoms with Crippen molar-refractivity contribution in [1.29, 1.82) is 0 Å². The first-order valence-corrected chi connectivity index (χ1v) is 18.5. The molecule has 0 saturated carbocycles. The average molecular weight is 729 g/mol. The van der Waals surface area contributed by atoms with E-state index in [0.717, 1.165) is 33.7 Å². The molecule has 4 N–H and O–H groups in total. The van der Waals surface area contributed by atoms with Gasteiger partial charge < -0.3 is 25.6 Å². The summed E-state index contributed by atoms with van der Waals surface area (Å²) < 4.78 is 5.88. The third-order valence-electron chi connectivity index (χ3n) is 8.46. The van der Waals surface area contributed by atoms with Gasteiger partial charge in [0.2, 0.25) is 5.91 Å². The van der Waals surface area contributed by atoms with E-state index in [1.807, 2.05) is 63.2 Å². The van der Waals surface area contributed by atoms with Crippen LogP contribution in [0.2, 0.25) is 0 Å². The largest absolute Gasteiger partial charge is 0.494 e. The molecule has 0 aliphatic heterocycles. The number of unbranched alkanes of at least 4 members (excludes halogenated alkanes) is 4. The van der Waals surface area contributed by atoms with Crippen LogP contribution in [-0.4, -0.2) is 62.6 Å². The van der Waals surface area contributed by atoms with Crippen molar-refractivity contribution in [2.75, 3.05) is 6.61 Å². The first kappa shape index (κ1) is 39.7. The highest BCUT2D eigenvalue weighted by Crippen LogP contribution is 2.29. The van der Waals surface area contributed by atoms with Gasteiger partial charge in [0.25, 0.3) is 5.91 Å². The standard InChI is InChI=1S/C40H48N4O7S/c1-5-6-7-8-9-22-51-30-16-14-27(15-17-30)29-24-41-36(42-25-29)28-12-10-26(11-13-28)23-32(37(47)43-31(39(49)50)18-21-35(45)46)44-38(48)33-19-20-34(52-33)40(2,3)4/h10-17,19-20,24-25,31-32H,5-9,18,21-23H2,1-4H3,(H,43,47)(H,44,48)(H,45,46)(H,49,50)/t31-,32-/m0/s1. The molecule has 0 unspecified atom stereocenters. The Hall–Kier alpha value is -5.10. The Labute approximate surface area is 308 Å². The molecule has 2 aromatic carbocycles. The molecule has 4 aromatic rings. The molecule has 2 amide bonds. The van der Waals surface area contributed by atoms with Gasteiger partial charge in [0, 0.05) is 41.2 Å². The summed E-state index contributed by atoms with van der Waals surface area (Å²) in [5.41, 5.74) is 3.10. The fourth-order valence-corrected chi connectivity index (χ4v) is 6.36. The zero-order valence-corrected chi connectivity index (χ0v) is 31.0. The van der Waals surface area contributed by atoms with Crippen molar-refractivity contribution in [1.82, 2.24) is 20.6 Å². The molecule has 12 heteroatoms. The molecule has 2 heterocycles. The molecule has 0 spiro atoms. The summed E-state index contributed by atoms with van der Waals surface area (Å²) in [5, 5.41) is 23.8. The van der Waals surface area contributed by atoms with Gasteiger partial charge >= 0.3 is 11.9 Å². The number of rotatable bonds is 19. The summed E-state index contributed by atoms with van der Waals surface area (Å²) in [6, 6.07) is 16.1. The number of amides is 2. The Morgan fingerprint density at radius 3 is 2.04 bits per heavy atom. The molecule has 0 radical (unpaired) electrons. The van der Waals surface area contributed by atoms with Crippen molar-refractivity contribution < 1.29 is 34.1 Å². The molecule has 11 nitrogen and oxygen atoms in total. The molecule has 276 valence electrons. The van der Waals surface area contributed by atoms with Gasteiger partial charge in [-0.05, 0) is 53.6 Å². The van der Waals surface area contributed by atoms with Crippen LogP contribution < -0.4 is 15.4 Å². The van der Waals surface area contributed by atoms with E-state index in [1.54, 1.807) is 30.6 Å². The predicted octanol–water partition coefficient (Wildman–Crippen LogP) is 7.29. The maximum Gasteiger partial charge on any atom is 0.326 e. The van der Waals surface area contributed by atoms with Gasteiger partial charge in [-0.25, -0.2) is 14.8 Å². The highest BCUT2D eigenvalue weighted by molar-refractivity contribution is 7.14. The Morgan fingerprint density at radius 1 is 0.788 bits per heavy atom. The van der Waals surface area contributed by atoms with Gasteiger partial charge in [-0.3, -0.25) is 14.4 Å². The van der Waals surface area contributed by atoms with Gasteiger partial charge in [-0.15, -0.1) is 11.3 Å². The number of aromatic nitrogens is 2. The fraction of sp³-hybridized carbons (Fsp3) is 0.400. The van der Waals surface area contributed by atoms with Crippen LogP contribution >= 0.6 is 11.3 Å². The normalized spacial score (nSPS) is 12.5. The minimum absolute atomic E-state index is 0.0546. The van der Waals surface area contributed by atoms with Crippen LogP contribution in [0, 0.1) is 0 Å². The lowest BCUT2D eigenvalue weighted by molar-refractivity contribution is -0.143. The highest BCUT2D eigenvalue weighted by Gasteiger charge is 2.28. The maximum absolute atomic E-state index is 13.4. The number of aliphatic carboxylic acids is 2. The Balaban J connectivity index is 1.43. The molecule has 52 heavy (non-hydrogen) atoms. The zero-order chi connectivity index (χ0) is 37.7. The topological polar surface area (TPSA) is 168 Å². The van der Waals surface area contributed by atoms with Crippen molar-refractivity contribution >= 4 is 35.1 Å². The number of carboxylic acids is 2. The number of ether oxygens (including phenoxy) is 1. The summed E-state index contributed by atoms with van der Waals surface area (Å²) in [4.78, 5) is 60.1. The van der Waals surface area contributed by atoms with Crippen molar-refractivity contribution in [3.63, 3.8) is 0 Å². The second kappa shape index (κ2) is 18.9. The molecule has 0 aliphatic carbocycles. The monoisotopic (exact) mass is 728 g/mol. The van der Waals surface area contributed by atoms with E-state index in [1.165, 1.54) is 37.0 Å². The predicted molar refractivity (Wildman–Crippen MR) is 202 cm³/mol. The molecular weight excluding hydrogens is 681 g/mol. The third-order valence-corrected chi connectivity index (χ3v) is 9.97. The van der Waals surface area contributed by atoms with Crippen LogP contribution in [-0.2, 0) is 26.2 Å². The van der Waals surface area contributed by atoms with E-state index in [0.29, 0.717) is 22.9 Å². The first-order valence-electron chi connectivity index (χ1n) is 17.6. The molecule has 0 bridgehead atoms. The Kier molecular flexibility index (Phi) is 14.5. The van der Waals surface area contributed by atoms with Crippen molar-refractivity contribution in [3.8, 4) is 28.3 Å². The van der Waals surface area contributed by atoms with E-state index in [4.69, 9.17) is 9.84 Å². The zero-order valence-electron chi connectivity index (χ0n) is 30.2. The number of hydrogen-bond acceptors (Lipinski definition) is 8. The summed E-state index contributed by atoms with van der Waals surface area (Å²) in [6.07, 6.45) is 8.77. The molecule has 0 saturated heterocycles. The number of carbonyl (C=O) groups is 4. The number of thiophene rings is 1. The van der Waals surface area contributed by atoms with Crippen LogP contribution in [0.4, 0.5) is 0 Å². The van der Waals surface area contributed by atoms with Crippen molar-refractivity contribution in [3.05, 3.63) is 88.4 Å². The van der Waals surface area contributed by atoms with Crippen LogP contribution in [0.1, 0.15) is 92.8 Å². The van der Waals surface area contributed by atoms with E-state index in [-0.39, 0.29) is 18.3 Å². The SMILES string of the molecule is CCCCCCCOc1ccc(-c2cnc(-c3ccc(C[C@H](NC(=O)c4ccc(C(C)(C)C)s4)C(=O)N[C@@H](CCC(=O)O)C(=O)O)cc3)nc2)cc1. The number of hydrogen-bond donors (Lipinski definition) is 4. The second-order valence-electron chi connectivity index (χ2n) is 13.8. The number of nitrogens with zero attached hydrogens (tertiary/aromatic N) is 2. The van der Waals surface area contributed by atoms with E-state index in [2.05, 4.69) is 27.5 Å². The molecule has 2 atom stereocenters. The third kappa shape index (κ3) is 12.0. The van der Waals surface area contributed by atoms with Crippen LogP contribution in [0.5, 0.6) is 5.75 Å². The van der Waals surface area contributed by atoms with Gasteiger partial charge in [-0.2, -0.15) is 0 Å². The Morgan fingerprint density at radius 2 is 1.44 bits per heavy atom.